The Bertz CT molecular complexity index is 279. The van der Waals surface area contributed by atoms with Crippen LogP contribution in [-0.4, -0.2) is 48.7 Å². The van der Waals surface area contributed by atoms with Crippen LogP contribution in [-0.2, 0) is 14.3 Å². The van der Waals surface area contributed by atoms with Crippen LogP contribution in [0.15, 0.2) is 0 Å². The Morgan fingerprint density at radius 3 is 2.69 bits per heavy atom. The number of hydrogen-bond donors (Lipinski definition) is 1. The van der Waals surface area contributed by atoms with Crippen molar-refractivity contribution in [2.24, 2.45) is 5.41 Å². The van der Waals surface area contributed by atoms with Crippen LogP contribution >= 0.6 is 0 Å². The van der Waals surface area contributed by atoms with E-state index in [0.717, 1.165) is 0 Å². The fraction of sp³-hybridized carbons (Fsp3) is 0.818. The highest BCUT2D eigenvalue weighted by Gasteiger charge is 2.41. The molecule has 1 rings (SSSR count). The lowest BCUT2D eigenvalue weighted by Gasteiger charge is -2.20. The summed E-state index contributed by atoms with van der Waals surface area (Å²) in [5.41, 5.74) is -0.767. The third kappa shape index (κ3) is 2.95. The Kier molecular flexibility index (Phi) is 4.29. The summed E-state index contributed by atoms with van der Waals surface area (Å²) in [6, 6.07) is 0. The van der Waals surface area contributed by atoms with Gasteiger partial charge in [0.05, 0.1) is 5.41 Å². The molecule has 1 N–H and O–H groups in total. The highest BCUT2D eigenvalue weighted by molar-refractivity contribution is 5.80. The first-order valence-corrected chi connectivity index (χ1v) is 5.50. The minimum atomic E-state index is -0.820. The van der Waals surface area contributed by atoms with E-state index < -0.39 is 11.4 Å². The van der Waals surface area contributed by atoms with Crippen LogP contribution in [0.1, 0.15) is 26.2 Å². The standard InChI is InChI=1S/C11H19NO4/c1-11(10(14)15)5-6-12(8-11)9(13)4-3-7-16-2/h3-8H2,1-2H3,(H,14,15). The summed E-state index contributed by atoms with van der Waals surface area (Å²) in [4.78, 5) is 24.3. The summed E-state index contributed by atoms with van der Waals surface area (Å²) < 4.78 is 4.87. The summed E-state index contributed by atoms with van der Waals surface area (Å²) in [6.45, 7) is 3.14. The van der Waals surface area contributed by atoms with Crippen molar-refractivity contribution in [2.45, 2.75) is 26.2 Å². The van der Waals surface area contributed by atoms with Crippen LogP contribution in [0.4, 0.5) is 0 Å². The van der Waals surface area contributed by atoms with E-state index in [4.69, 9.17) is 9.84 Å². The number of carboxylic acids is 1. The maximum absolute atomic E-state index is 11.7. The van der Waals surface area contributed by atoms with Crippen molar-refractivity contribution in [3.05, 3.63) is 0 Å². The Hall–Kier alpha value is -1.10. The predicted molar refractivity (Wildman–Crippen MR) is 58.0 cm³/mol. The van der Waals surface area contributed by atoms with Gasteiger partial charge in [-0.25, -0.2) is 0 Å². The van der Waals surface area contributed by atoms with Crippen molar-refractivity contribution in [2.75, 3.05) is 26.8 Å². The number of hydrogen-bond acceptors (Lipinski definition) is 3. The molecular weight excluding hydrogens is 210 g/mol. The molecule has 16 heavy (non-hydrogen) atoms. The van der Waals surface area contributed by atoms with Crippen molar-refractivity contribution in [3.8, 4) is 0 Å². The van der Waals surface area contributed by atoms with Gasteiger partial charge in [0, 0.05) is 33.2 Å². The molecule has 0 spiro atoms. The zero-order chi connectivity index (χ0) is 12.2. The molecule has 0 aliphatic carbocycles. The normalized spacial score (nSPS) is 24.8. The van der Waals surface area contributed by atoms with Gasteiger partial charge in [-0.05, 0) is 19.8 Å². The molecule has 0 aromatic rings. The number of likely N-dealkylation sites (tertiary alicyclic amines) is 1. The highest BCUT2D eigenvalue weighted by atomic mass is 16.5. The van der Waals surface area contributed by atoms with Crippen LogP contribution in [0.25, 0.3) is 0 Å². The molecule has 1 saturated heterocycles. The van der Waals surface area contributed by atoms with E-state index in [0.29, 0.717) is 39.0 Å². The molecule has 0 radical (unpaired) electrons. The number of nitrogens with zero attached hydrogens (tertiary/aromatic N) is 1. The number of carboxylic acid groups (broad SMARTS) is 1. The topological polar surface area (TPSA) is 66.8 Å². The first-order valence-electron chi connectivity index (χ1n) is 5.50. The van der Waals surface area contributed by atoms with Crippen LogP contribution in [0, 0.1) is 5.41 Å². The average Bonchev–Trinajstić information content (AvgIpc) is 2.63. The quantitative estimate of drug-likeness (QED) is 0.706. The van der Waals surface area contributed by atoms with Gasteiger partial charge in [-0.2, -0.15) is 0 Å². The lowest BCUT2D eigenvalue weighted by Crippen LogP contribution is -2.34. The van der Waals surface area contributed by atoms with E-state index in [2.05, 4.69) is 0 Å². The summed E-state index contributed by atoms with van der Waals surface area (Å²) in [6.07, 6.45) is 1.66. The van der Waals surface area contributed by atoms with Crippen molar-refractivity contribution >= 4 is 11.9 Å². The maximum atomic E-state index is 11.7. The van der Waals surface area contributed by atoms with E-state index in [1.54, 1.807) is 18.9 Å². The summed E-state index contributed by atoms with van der Waals surface area (Å²) in [5, 5.41) is 9.03. The molecule has 1 unspecified atom stereocenters. The molecule has 92 valence electrons. The van der Waals surface area contributed by atoms with Gasteiger partial charge in [-0.15, -0.1) is 0 Å². The minimum Gasteiger partial charge on any atom is -0.481 e. The second-order valence-corrected chi connectivity index (χ2v) is 4.53. The fourth-order valence-electron chi connectivity index (χ4n) is 1.87. The minimum absolute atomic E-state index is 0.0297. The van der Waals surface area contributed by atoms with Gasteiger partial charge in [0.1, 0.15) is 0 Å². The third-order valence-corrected chi connectivity index (χ3v) is 3.08. The smallest absolute Gasteiger partial charge is 0.311 e. The molecule has 5 heteroatoms. The van der Waals surface area contributed by atoms with E-state index >= 15 is 0 Å². The van der Waals surface area contributed by atoms with E-state index in [1.165, 1.54) is 0 Å². The molecule has 0 aromatic heterocycles. The van der Waals surface area contributed by atoms with E-state index in [-0.39, 0.29) is 5.91 Å². The van der Waals surface area contributed by atoms with Gasteiger partial charge < -0.3 is 14.7 Å². The SMILES string of the molecule is COCCCC(=O)N1CCC(C)(C(=O)O)C1. The van der Waals surface area contributed by atoms with E-state index in [9.17, 15) is 9.59 Å². The number of carbonyl (C=O) groups is 2. The van der Waals surface area contributed by atoms with Gasteiger partial charge in [-0.3, -0.25) is 9.59 Å². The van der Waals surface area contributed by atoms with Gasteiger partial charge in [0.25, 0.3) is 0 Å². The Labute approximate surface area is 95.4 Å². The van der Waals surface area contributed by atoms with Crippen LogP contribution < -0.4 is 0 Å². The molecule has 5 nitrogen and oxygen atoms in total. The van der Waals surface area contributed by atoms with Crippen molar-refractivity contribution in [1.82, 2.24) is 4.90 Å². The first kappa shape index (κ1) is 13.0. The molecule has 0 bridgehead atoms. The second-order valence-electron chi connectivity index (χ2n) is 4.53. The van der Waals surface area contributed by atoms with Gasteiger partial charge in [0.15, 0.2) is 0 Å². The summed E-state index contributed by atoms with van der Waals surface area (Å²) in [7, 11) is 1.60. The van der Waals surface area contributed by atoms with Crippen molar-refractivity contribution < 1.29 is 19.4 Å². The zero-order valence-corrected chi connectivity index (χ0v) is 9.86. The van der Waals surface area contributed by atoms with Crippen LogP contribution in [0.5, 0.6) is 0 Å². The van der Waals surface area contributed by atoms with Crippen LogP contribution in [0.2, 0.25) is 0 Å². The second kappa shape index (κ2) is 5.30. The van der Waals surface area contributed by atoms with Crippen LogP contribution in [0.3, 0.4) is 0 Å². The molecule has 1 aliphatic rings. The van der Waals surface area contributed by atoms with Crippen molar-refractivity contribution in [3.63, 3.8) is 0 Å². The highest BCUT2D eigenvalue weighted by Crippen LogP contribution is 2.30. The largest absolute Gasteiger partial charge is 0.481 e. The lowest BCUT2D eigenvalue weighted by molar-refractivity contribution is -0.147. The molecule has 1 fully saturated rings. The Morgan fingerprint density at radius 1 is 1.50 bits per heavy atom. The molecule has 1 amide bonds. The third-order valence-electron chi connectivity index (χ3n) is 3.08. The first-order chi connectivity index (χ1) is 7.49. The lowest BCUT2D eigenvalue weighted by atomic mass is 9.90. The predicted octanol–water partition coefficient (Wildman–Crippen LogP) is 0.736. The number of rotatable bonds is 5. The summed E-state index contributed by atoms with van der Waals surface area (Å²) >= 11 is 0. The van der Waals surface area contributed by atoms with E-state index in [1.807, 2.05) is 0 Å². The fourth-order valence-corrected chi connectivity index (χ4v) is 1.87. The maximum Gasteiger partial charge on any atom is 0.311 e. The monoisotopic (exact) mass is 229 g/mol. The van der Waals surface area contributed by atoms with Gasteiger partial charge in [0.2, 0.25) is 5.91 Å². The molecular formula is C11H19NO4. The summed E-state index contributed by atoms with van der Waals surface area (Å²) in [5.74, 6) is -0.790. The number of carbonyl (C=O) groups excluding carboxylic acids is 1. The Morgan fingerprint density at radius 2 is 2.19 bits per heavy atom. The average molecular weight is 229 g/mol. The molecule has 1 atom stereocenters. The number of amides is 1. The van der Waals surface area contributed by atoms with Gasteiger partial charge >= 0.3 is 5.97 Å². The number of methoxy groups -OCH3 is 1. The number of aliphatic carboxylic acids is 1. The molecule has 0 aromatic carbocycles. The Balaban J connectivity index is 2.41. The number of ether oxygens (including phenoxy) is 1. The zero-order valence-electron chi connectivity index (χ0n) is 9.86. The van der Waals surface area contributed by atoms with Gasteiger partial charge in [-0.1, -0.05) is 0 Å². The molecule has 0 saturated carbocycles. The molecule has 1 heterocycles. The molecule has 1 aliphatic heterocycles. The van der Waals surface area contributed by atoms with Crippen molar-refractivity contribution in [1.29, 1.82) is 0 Å².